The second-order valence-corrected chi connectivity index (χ2v) is 9.30. The minimum Gasteiger partial charge on any atom is -0.437 e. The Bertz CT molecular complexity index is 1310. The zero-order valence-electron chi connectivity index (χ0n) is 19.0. The van der Waals surface area contributed by atoms with Crippen molar-refractivity contribution in [3.05, 3.63) is 89.0 Å². The van der Waals surface area contributed by atoms with Crippen LogP contribution in [0.5, 0.6) is 11.6 Å². The number of nitrogens with zero attached hydrogens (tertiary/aromatic N) is 2. The number of fused-ring (bicyclic) bond motifs is 1. The first-order valence-corrected chi connectivity index (χ1v) is 12.3. The van der Waals surface area contributed by atoms with E-state index < -0.39 is 0 Å². The first kappa shape index (κ1) is 24.9. The third-order valence-corrected chi connectivity index (χ3v) is 6.73. The molecule has 2 aromatic heterocycles. The Hall–Kier alpha value is -3.16. The SMILES string of the molecule is Cl.O=C(N[C@H]1CC[C@@H](Nc2ccc3ccccc3n2)CC1)c1cccnc1Oc1ccccc1Br. The fraction of sp³-hybridized carbons (Fsp3) is 0.222. The van der Waals surface area contributed by atoms with Gasteiger partial charge in [0.25, 0.3) is 5.91 Å². The molecule has 180 valence electrons. The molecule has 0 unspecified atom stereocenters. The number of ether oxygens (including phenoxy) is 1. The quantitative estimate of drug-likeness (QED) is 0.276. The van der Waals surface area contributed by atoms with E-state index in [-0.39, 0.29) is 24.4 Å². The van der Waals surface area contributed by atoms with E-state index in [9.17, 15) is 4.79 Å². The normalized spacial score (nSPS) is 17.3. The molecule has 2 N–H and O–H groups in total. The molecular weight excluding hydrogens is 528 g/mol. The largest absolute Gasteiger partial charge is 0.437 e. The number of hydrogen-bond acceptors (Lipinski definition) is 5. The van der Waals surface area contributed by atoms with Crippen LogP contribution < -0.4 is 15.4 Å². The van der Waals surface area contributed by atoms with Gasteiger partial charge in [-0.15, -0.1) is 12.4 Å². The Balaban J connectivity index is 0.00000289. The lowest BCUT2D eigenvalue weighted by Gasteiger charge is -2.30. The van der Waals surface area contributed by atoms with Gasteiger partial charge in [-0.05, 0) is 84.1 Å². The number of amides is 1. The molecule has 1 aliphatic rings. The van der Waals surface area contributed by atoms with Gasteiger partial charge in [0.05, 0.1) is 9.99 Å². The van der Waals surface area contributed by atoms with Gasteiger partial charge in [-0.3, -0.25) is 4.79 Å². The molecule has 0 saturated heterocycles. The number of benzene rings is 2. The molecule has 4 aromatic rings. The highest BCUT2D eigenvalue weighted by atomic mass is 79.9. The van der Waals surface area contributed by atoms with E-state index in [1.54, 1.807) is 18.3 Å². The van der Waals surface area contributed by atoms with Crippen molar-refractivity contribution in [3.63, 3.8) is 0 Å². The fourth-order valence-corrected chi connectivity index (χ4v) is 4.64. The molecular formula is C27H26BrClN4O2. The van der Waals surface area contributed by atoms with Crippen molar-refractivity contribution >= 4 is 51.0 Å². The zero-order chi connectivity index (χ0) is 23.3. The van der Waals surface area contributed by atoms with Gasteiger partial charge in [-0.2, -0.15) is 0 Å². The van der Waals surface area contributed by atoms with Crippen LogP contribution in [0, 0.1) is 0 Å². The van der Waals surface area contributed by atoms with Crippen LogP contribution in [0.4, 0.5) is 5.82 Å². The van der Waals surface area contributed by atoms with Gasteiger partial charge in [0, 0.05) is 23.7 Å². The third-order valence-electron chi connectivity index (χ3n) is 6.07. The number of aromatic nitrogens is 2. The van der Waals surface area contributed by atoms with E-state index >= 15 is 0 Å². The van der Waals surface area contributed by atoms with Crippen molar-refractivity contribution in [3.8, 4) is 11.6 Å². The molecule has 5 rings (SSSR count). The lowest BCUT2D eigenvalue weighted by atomic mass is 9.91. The summed E-state index contributed by atoms with van der Waals surface area (Å²) in [4.78, 5) is 22.0. The van der Waals surface area contributed by atoms with Crippen LogP contribution in [-0.4, -0.2) is 28.0 Å². The highest BCUT2D eigenvalue weighted by molar-refractivity contribution is 9.10. The molecule has 8 heteroatoms. The van der Waals surface area contributed by atoms with Gasteiger partial charge in [-0.1, -0.05) is 30.3 Å². The molecule has 1 fully saturated rings. The first-order chi connectivity index (χ1) is 16.7. The van der Waals surface area contributed by atoms with Crippen LogP contribution in [-0.2, 0) is 0 Å². The van der Waals surface area contributed by atoms with Crippen LogP contribution in [0.3, 0.4) is 0 Å². The van der Waals surface area contributed by atoms with Crippen LogP contribution in [0.2, 0.25) is 0 Å². The van der Waals surface area contributed by atoms with Crippen LogP contribution in [0.15, 0.2) is 83.5 Å². The lowest BCUT2D eigenvalue weighted by Crippen LogP contribution is -2.40. The topological polar surface area (TPSA) is 76.1 Å². The van der Waals surface area contributed by atoms with Crippen molar-refractivity contribution in [2.24, 2.45) is 0 Å². The highest BCUT2D eigenvalue weighted by Crippen LogP contribution is 2.30. The van der Waals surface area contributed by atoms with Crippen molar-refractivity contribution in [1.82, 2.24) is 15.3 Å². The van der Waals surface area contributed by atoms with E-state index in [1.807, 2.05) is 48.5 Å². The number of pyridine rings is 2. The Morgan fingerprint density at radius 1 is 0.886 bits per heavy atom. The Morgan fingerprint density at radius 2 is 1.63 bits per heavy atom. The predicted octanol–water partition coefficient (Wildman–Crippen LogP) is 6.76. The summed E-state index contributed by atoms with van der Waals surface area (Å²) in [7, 11) is 0. The minimum absolute atomic E-state index is 0. The first-order valence-electron chi connectivity index (χ1n) is 11.5. The predicted molar refractivity (Wildman–Crippen MR) is 145 cm³/mol. The number of hydrogen-bond donors (Lipinski definition) is 2. The third kappa shape index (κ3) is 6.10. The van der Waals surface area contributed by atoms with Crippen molar-refractivity contribution in [1.29, 1.82) is 0 Å². The van der Waals surface area contributed by atoms with Gasteiger partial charge in [0.15, 0.2) is 0 Å². The molecule has 0 atom stereocenters. The van der Waals surface area contributed by atoms with E-state index in [0.717, 1.165) is 46.9 Å². The molecule has 6 nitrogen and oxygen atoms in total. The van der Waals surface area contributed by atoms with E-state index in [1.165, 1.54) is 0 Å². The zero-order valence-corrected chi connectivity index (χ0v) is 21.4. The maximum absolute atomic E-state index is 13.0. The monoisotopic (exact) mass is 552 g/mol. The Labute approximate surface area is 219 Å². The number of nitrogens with one attached hydrogen (secondary N) is 2. The van der Waals surface area contributed by atoms with E-state index in [0.29, 0.717) is 23.2 Å². The van der Waals surface area contributed by atoms with Crippen LogP contribution >= 0.6 is 28.3 Å². The summed E-state index contributed by atoms with van der Waals surface area (Å²) in [5, 5.41) is 7.87. The van der Waals surface area contributed by atoms with Crippen LogP contribution in [0.1, 0.15) is 36.0 Å². The number of para-hydroxylation sites is 2. The summed E-state index contributed by atoms with van der Waals surface area (Å²) in [6.07, 6.45) is 5.36. The number of halogens is 2. The molecule has 0 spiro atoms. The van der Waals surface area contributed by atoms with Gasteiger partial charge in [-0.25, -0.2) is 9.97 Å². The van der Waals surface area contributed by atoms with Crippen molar-refractivity contribution < 1.29 is 9.53 Å². The maximum atomic E-state index is 13.0. The highest BCUT2D eigenvalue weighted by Gasteiger charge is 2.24. The molecule has 2 heterocycles. The number of carbonyl (C=O) groups is 1. The van der Waals surface area contributed by atoms with E-state index in [4.69, 9.17) is 9.72 Å². The lowest BCUT2D eigenvalue weighted by molar-refractivity contribution is 0.0923. The van der Waals surface area contributed by atoms with Gasteiger partial charge in [0.1, 0.15) is 17.1 Å². The summed E-state index contributed by atoms with van der Waals surface area (Å²) < 4.78 is 6.73. The second kappa shape index (κ2) is 11.5. The fourth-order valence-electron chi connectivity index (χ4n) is 4.28. The maximum Gasteiger partial charge on any atom is 0.257 e. The molecule has 0 radical (unpaired) electrons. The Morgan fingerprint density at radius 3 is 2.46 bits per heavy atom. The average Bonchev–Trinajstić information content (AvgIpc) is 2.87. The summed E-state index contributed by atoms with van der Waals surface area (Å²) in [6, 6.07) is 23.7. The number of anilines is 1. The Kier molecular flexibility index (Phi) is 8.21. The van der Waals surface area contributed by atoms with Crippen molar-refractivity contribution in [2.45, 2.75) is 37.8 Å². The summed E-state index contributed by atoms with van der Waals surface area (Å²) >= 11 is 3.47. The van der Waals surface area contributed by atoms with Crippen molar-refractivity contribution in [2.75, 3.05) is 5.32 Å². The molecule has 0 bridgehead atoms. The summed E-state index contributed by atoms with van der Waals surface area (Å²) in [5.74, 6) is 1.65. The average molecular weight is 554 g/mol. The van der Waals surface area contributed by atoms with Gasteiger partial charge in [0.2, 0.25) is 5.88 Å². The summed E-state index contributed by atoms with van der Waals surface area (Å²) in [6.45, 7) is 0. The van der Waals surface area contributed by atoms with E-state index in [2.05, 4.69) is 43.7 Å². The number of rotatable bonds is 6. The smallest absolute Gasteiger partial charge is 0.257 e. The van der Waals surface area contributed by atoms with Gasteiger partial charge < -0.3 is 15.4 Å². The molecule has 0 aliphatic heterocycles. The van der Waals surface area contributed by atoms with Crippen LogP contribution in [0.25, 0.3) is 10.9 Å². The molecule has 1 amide bonds. The minimum atomic E-state index is -0.164. The molecule has 35 heavy (non-hydrogen) atoms. The number of carbonyl (C=O) groups excluding carboxylic acids is 1. The molecule has 1 saturated carbocycles. The van der Waals surface area contributed by atoms with Gasteiger partial charge >= 0.3 is 0 Å². The summed E-state index contributed by atoms with van der Waals surface area (Å²) in [5.41, 5.74) is 1.42. The standard InChI is InChI=1S/C27H25BrN4O2.ClH/c28-22-8-2-4-10-24(22)34-27-21(7-5-17-29-27)26(33)31-20-14-12-19(13-15-20)30-25-16-11-18-6-1-3-9-23(18)32-25;/h1-11,16-17,19-20H,12-15H2,(H,30,32)(H,31,33);1H/t19-,20+;. The molecule has 1 aliphatic carbocycles. The second-order valence-electron chi connectivity index (χ2n) is 8.44. The molecule has 2 aromatic carbocycles.